The van der Waals surface area contributed by atoms with Crippen molar-refractivity contribution in [3.8, 4) is 0 Å². The highest BCUT2D eigenvalue weighted by atomic mass is 16.7. The van der Waals surface area contributed by atoms with Gasteiger partial charge < -0.3 is 30.0 Å². The van der Waals surface area contributed by atoms with Gasteiger partial charge in [0, 0.05) is 37.0 Å². The maximum Gasteiger partial charge on any atom is 0.246 e. The number of carbonyl (C=O) groups excluding carboxylic acids is 1. The molecule has 1 unspecified atom stereocenters. The Balaban J connectivity index is 1.81. The van der Waals surface area contributed by atoms with Gasteiger partial charge in [-0.1, -0.05) is 13.8 Å². The fourth-order valence-electron chi connectivity index (χ4n) is 3.29. The fraction of sp³-hybridized carbons (Fsp3) is 0.818. The summed E-state index contributed by atoms with van der Waals surface area (Å²) in [5.41, 5.74) is -1.31. The van der Waals surface area contributed by atoms with E-state index in [2.05, 4.69) is 10.6 Å². The van der Waals surface area contributed by atoms with E-state index in [0.29, 0.717) is 19.1 Å². The van der Waals surface area contributed by atoms with Crippen molar-refractivity contribution in [3.63, 3.8) is 0 Å². The lowest BCUT2D eigenvalue weighted by Gasteiger charge is -2.30. The minimum Gasteiger partial charge on any atom is -0.494 e. The van der Waals surface area contributed by atoms with Gasteiger partial charge >= 0.3 is 0 Å². The van der Waals surface area contributed by atoms with Crippen molar-refractivity contribution in [1.82, 2.24) is 10.6 Å². The first-order chi connectivity index (χ1) is 14.1. The number of aliphatic hydroxyl groups is 1. The Morgan fingerprint density at radius 1 is 1.17 bits per heavy atom. The van der Waals surface area contributed by atoms with Crippen LogP contribution in [0.25, 0.3) is 0 Å². The first-order valence-electron chi connectivity index (χ1n) is 11.0. The molecule has 1 amide bonds. The summed E-state index contributed by atoms with van der Waals surface area (Å²) < 4.78 is 16.7. The average molecular weight is 426 g/mol. The topological polar surface area (TPSA) is 113 Å². The van der Waals surface area contributed by atoms with Crippen LogP contribution in [0.5, 0.6) is 0 Å². The van der Waals surface area contributed by atoms with E-state index in [1.54, 1.807) is 13.8 Å². The first-order valence-corrected chi connectivity index (χ1v) is 11.0. The lowest BCUT2D eigenvalue weighted by Crippen LogP contribution is -2.53. The lowest BCUT2D eigenvalue weighted by molar-refractivity contribution is -0.171. The van der Waals surface area contributed by atoms with Crippen LogP contribution in [0.15, 0.2) is 12.0 Å². The molecule has 8 heteroatoms. The monoisotopic (exact) mass is 425 g/mol. The molecule has 2 rings (SSSR count). The number of ether oxygens (including phenoxy) is 3. The Hall–Kier alpha value is -1.48. The Morgan fingerprint density at radius 2 is 1.87 bits per heavy atom. The molecule has 0 aromatic rings. The molecule has 0 spiro atoms. The number of hydrogen-bond donors (Lipinski definition) is 4. The van der Waals surface area contributed by atoms with Gasteiger partial charge in [-0.3, -0.25) is 10.1 Å². The number of carbonyl (C=O) groups is 1. The predicted molar refractivity (Wildman–Crippen MR) is 116 cm³/mol. The van der Waals surface area contributed by atoms with Crippen molar-refractivity contribution >= 4 is 11.6 Å². The molecule has 2 aliphatic heterocycles. The van der Waals surface area contributed by atoms with Crippen LogP contribution in [0, 0.1) is 16.7 Å². The van der Waals surface area contributed by atoms with E-state index in [1.165, 1.54) is 6.08 Å². The average Bonchev–Trinajstić information content (AvgIpc) is 2.72. The van der Waals surface area contributed by atoms with Crippen molar-refractivity contribution < 1.29 is 24.1 Å². The highest BCUT2D eigenvalue weighted by Crippen LogP contribution is 2.22. The molecule has 0 bridgehead atoms. The number of nitrogens with one attached hydrogen (secondary N) is 3. The van der Waals surface area contributed by atoms with Crippen molar-refractivity contribution in [1.29, 1.82) is 5.41 Å². The van der Waals surface area contributed by atoms with Crippen molar-refractivity contribution in [2.75, 3.05) is 33.0 Å². The summed E-state index contributed by atoms with van der Waals surface area (Å²) in [6.07, 6.45) is 5.99. The van der Waals surface area contributed by atoms with Crippen LogP contribution in [-0.4, -0.2) is 61.5 Å². The summed E-state index contributed by atoms with van der Waals surface area (Å²) in [6, 6.07) is 0. The summed E-state index contributed by atoms with van der Waals surface area (Å²) in [5, 5.41) is 24.3. The van der Waals surface area contributed by atoms with E-state index in [-0.39, 0.29) is 23.8 Å². The van der Waals surface area contributed by atoms with E-state index < -0.39 is 11.0 Å². The van der Waals surface area contributed by atoms with Crippen LogP contribution in [0.1, 0.15) is 59.8 Å². The zero-order chi connectivity index (χ0) is 22.2. The Bertz CT molecular complexity index is 606. The van der Waals surface area contributed by atoms with E-state index >= 15 is 0 Å². The molecule has 2 saturated heterocycles. The van der Waals surface area contributed by atoms with Crippen LogP contribution in [0.3, 0.4) is 0 Å². The van der Waals surface area contributed by atoms with Gasteiger partial charge in [0.05, 0.1) is 12.1 Å². The summed E-state index contributed by atoms with van der Waals surface area (Å²) >= 11 is 0. The quantitative estimate of drug-likeness (QED) is 0.316. The fourth-order valence-corrected chi connectivity index (χ4v) is 3.29. The minimum atomic E-state index is -0.848. The summed E-state index contributed by atoms with van der Waals surface area (Å²) in [5.74, 6) is -0.203. The Kier molecular flexibility index (Phi) is 9.28. The molecule has 0 saturated carbocycles. The third-order valence-corrected chi connectivity index (χ3v) is 5.76. The normalized spacial score (nSPS) is 22.0. The molecule has 0 aromatic heterocycles. The number of hydrogen-bond acceptors (Lipinski definition) is 7. The third-order valence-electron chi connectivity index (χ3n) is 5.76. The molecular weight excluding hydrogens is 386 g/mol. The molecule has 0 radical (unpaired) electrons. The first kappa shape index (κ1) is 24.8. The van der Waals surface area contributed by atoms with Crippen molar-refractivity contribution in [3.05, 3.63) is 12.0 Å². The smallest absolute Gasteiger partial charge is 0.246 e. The van der Waals surface area contributed by atoms with Gasteiger partial charge in [0.1, 0.15) is 0 Å². The predicted octanol–water partition coefficient (Wildman–Crippen LogP) is 2.89. The molecule has 4 N–H and O–H groups in total. The SMILES string of the molecule is CC(C)(COC1CCCCO1)C(=N)/C=C(\O)NC(=O)C(C)(C)NCC1CCOCC1. The van der Waals surface area contributed by atoms with Crippen molar-refractivity contribution in [2.24, 2.45) is 11.3 Å². The van der Waals surface area contributed by atoms with E-state index in [4.69, 9.17) is 19.6 Å². The molecule has 2 heterocycles. The minimum absolute atomic E-state index is 0.170. The summed E-state index contributed by atoms with van der Waals surface area (Å²) in [4.78, 5) is 12.6. The van der Waals surface area contributed by atoms with Gasteiger partial charge in [-0.15, -0.1) is 0 Å². The van der Waals surface area contributed by atoms with E-state index in [1.807, 2.05) is 13.8 Å². The lowest BCUT2D eigenvalue weighted by atomic mass is 9.88. The third kappa shape index (κ3) is 7.98. The maximum atomic E-state index is 12.6. The molecule has 30 heavy (non-hydrogen) atoms. The van der Waals surface area contributed by atoms with Gasteiger partial charge in [0.15, 0.2) is 12.2 Å². The molecule has 0 aromatic carbocycles. The Labute approximate surface area is 180 Å². The maximum absolute atomic E-state index is 12.6. The highest BCUT2D eigenvalue weighted by molar-refractivity contribution is 5.98. The summed E-state index contributed by atoms with van der Waals surface area (Å²) in [6.45, 7) is 10.5. The Morgan fingerprint density at radius 3 is 2.50 bits per heavy atom. The van der Waals surface area contributed by atoms with Crippen LogP contribution in [0.2, 0.25) is 0 Å². The second-order valence-electron chi connectivity index (χ2n) is 9.45. The zero-order valence-electron chi connectivity index (χ0n) is 18.9. The molecule has 2 aliphatic rings. The van der Waals surface area contributed by atoms with Gasteiger partial charge in [0.25, 0.3) is 0 Å². The molecule has 1 atom stereocenters. The van der Waals surface area contributed by atoms with Gasteiger partial charge in [-0.2, -0.15) is 0 Å². The van der Waals surface area contributed by atoms with Gasteiger partial charge in [0.2, 0.25) is 5.91 Å². The van der Waals surface area contributed by atoms with Crippen LogP contribution >= 0.6 is 0 Å². The van der Waals surface area contributed by atoms with Crippen LogP contribution in [-0.2, 0) is 19.0 Å². The zero-order valence-corrected chi connectivity index (χ0v) is 18.9. The van der Waals surface area contributed by atoms with Crippen LogP contribution in [0.4, 0.5) is 0 Å². The molecule has 2 fully saturated rings. The van der Waals surface area contributed by atoms with Gasteiger partial charge in [-0.05, 0) is 58.4 Å². The standard InChI is InChI=1S/C22H39N3O5/c1-21(2,15-30-19-7-5-6-10-29-19)17(23)13-18(26)25-20(27)22(3,4)24-14-16-8-11-28-12-9-16/h13,16,19,23-24,26H,5-12,14-15H2,1-4H3,(H,25,27)/b18-13-,23-17?. The number of rotatable bonds is 10. The van der Waals surface area contributed by atoms with Crippen LogP contribution < -0.4 is 10.6 Å². The molecule has 172 valence electrons. The molecule has 8 nitrogen and oxygen atoms in total. The molecule has 0 aliphatic carbocycles. The highest BCUT2D eigenvalue weighted by Gasteiger charge is 2.30. The van der Waals surface area contributed by atoms with Gasteiger partial charge in [-0.25, -0.2) is 0 Å². The second-order valence-corrected chi connectivity index (χ2v) is 9.45. The second kappa shape index (κ2) is 11.2. The number of allylic oxidation sites excluding steroid dienone is 1. The van der Waals surface area contributed by atoms with E-state index in [9.17, 15) is 9.90 Å². The molecular formula is C22H39N3O5. The summed E-state index contributed by atoms with van der Waals surface area (Å²) in [7, 11) is 0. The van der Waals surface area contributed by atoms with Crippen molar-refractivity contribution in [2.45, 2.75) is 71.6 Å². The number of aliphatic hydroxyl groups excluding tert-OH is 1. The van der Waals surface area contributed by atoms with E-state index in [0.717, 1.165) is 51.9 Å². The number of amides is 1. The largest absolute Gasteiger partial charge is 0.494 e.